The number of nitro groups is 1. The number of aliphatic hydroxyl groups is 1. The SMILES string of the molecule is CC(O)C1CCN(Cc2ccc([N+](=O)[O-])c(NN)c2)CC1. The third kappa shape index (κ3) is 3.90. The van der Waals surface area contributed by atoms with Crippen LogP contribution < -0.4 is 11.3 Å². The van der Waals surface area contributed by atoms with Crippen molar-refractivity contribution in [1.29, 1.82) is 0 Å². The van der Waals surface area contributed by atoms with Crippen LogP contribution in [0.3, 0.4) is 0 Å². The molecular formula is C14H22N4O3. The first-order chi connectivity index (χ1) is 10.0. The summed E-state index contributed by atoms with van der Waals surface area (Å²) in [7, 11) is 0. The molecule has 1 aliphatic rings. The van der Waals surface area contributed by atoms with E-state index in [0.29, 0.717) is 11.6 Å². The summed E-state index contributed by atoms with van der Waals surface area (Å²) in [6.45, 7) is 4.44. The molecule has 0 radical (unpaired) electrons. The maximum Gasteiger partial charge on any atom is 0.293 e. The van der Waals surface area contributed by atoms with Gasteiger partial charge in [-0.15, -0.1) is 0 Å². The number of anilines is 1. The molecule has 1 aromatic carbocycles. The van der Waals surface area contributed by atoms with Crippen LogP contribution in [0.2, 0.25) is 0 Å². The van der Waals surface area contributed by atoms with E-state index in [0.717, 1.165) is 38.0 Å². The van der Waals surface area contributed by atoms with Gasteiger partial charge in [0.25, 0.3) is 5.69 Å². The first kappa shape index (κ1) is 15.7. The molecule has 0 spiro atoms. The number of nitrogens with two attached hydrogens (primary N) is 1. The van der Waals surface area contributed by atoms with Crippen molar-refractivity contribution >= 4 is 11.4 Å². The molecule has 116 valence electrons. The van der Waals surface area contributed by atoms with Crippen molar-refractivity contribution < 1.29 is 10.0 Å². The molecule has 1 atom stereocenters. The van der Waals surface area contributed by atoms with Crippen molar-refractivity contribution in [3.8, 4) is 0 Å². The number of likely N-dealkylation sites (tertiary alicyclic amines) is 1. The first-order valence-corrected chi connectivity index (χ1v) is 7.15. The van der Waals surface area contributed by atoms with Crippen molar-refractivity contribution in [2.75, 3.05) is 18.5 Å². The Morgan fingerprint density at radius 1 is 1.52 bits per heavy atom. The maximum absolute atomic E-state index is 10.9. The average molecular weight is 294 g/mol. The number of piperidine rings is 1. The average Bonchev–Trinajstić information content (AvgIpc) is 2.47. The van der Waals surface area contributed by atoms with Gasteiger partial charge in [0.2, 0.25) is 0 Å². The van der Waals surface area contributed by atoms with Crippen LogP contribution >= 0.6 is 0 Å². The number of hydrazine groups is 1. The first-order valence-electron chi connectivity index (χ1n) is 7.15. The van der Waals surface area contributed by atoms with Crippen LogP contribution in [-0.2, 0) is 6.54 Å². The zero-order valence-electron chi connectivity index (χ0n) is 12.2. The van der Waals surface area contributed by atoms with Crippen molar-refractivity contribution in [2.45, 2.75) is 32.4 Å². The molecular weight excluding hydrogens is 272 g/mol. The molecule has 0 saturated carbocycles. The van der Waals surface area contributed by atoms with Crippen LogP contribution in [0.5, 0.6) is 0 Å². The number of benzene rings is 1. The lowest BCUT2D eigenvalue weighted by atomic mass is 9.92. The normalized spacial score (nSPS) is 18.4. The molecule has 7 heteroatoms. The van der Waals surface area contributed by atoms with E-state index in [2.05, 4.69) is 10.3 Å². The summed E-state index contributed by atoms with van der Waals surface area (Å²) < 4.78 is 0. The number of nitrogens with zero attached hydrogens (tertiary/aromatic N) is 2. The summed E-state index contributed by atoms with van der Waals surface area (Å²) in [5.74, 6) is 5.72. The van der Waals surface area contributed by atoms with Gasteiger partial charge in [-0.25, -0.2) is 0 Å². The molecule has 1 aromatic rings. The summed E-state index contributed by atoms with van der Waals surface area (Å²) >= 11 is 0. The highest BCUT2D eigenvalue weighted by Gasteiger charge is 2.23. The van der Waals surface area contributed by atoms with E-state index in [1.54, 1.807) is 12.1 Å². The molecule has 1 unspecified atom stereocenters. The molecule has 2 rings (SSSR count). The molecule has 1 heterocycles. The maximum atomic E-state index is 10.9. The second-order valence-corrected chi connectivity index (χ2v) is 5.61. The van der Waals surface area contributed by atoms with Gasteiger partial charge in [0.05, 0.1) is 11.0 Å². The zero-order chi connectivity index (χ0) is 15.4. The number of hydrogen-bond donors (Lipinski definition) is 3. The van der Waals surface area contributed by atoms with E-state index in [-0.39, 0.29) is 11.8 Å². The summed E-state index contributed by atoms with van der Waals surface area (Å²) in [6.07, 6.45) is 1.71. The predicted molar refractivity (Wildman–Crippen MR) is 80.6 cm³/mol. The van der Waals surface area contributed by atoms with E-state index >= 15 is 0 Å². The molecule has 1 fully saturated rings. The van der Waals surface area contributed by atoms with Gasteiger partial charge in [-0.3, -0.25) is 20.9 Å². The van der Waals surface area contributed by atoms with E-state index in [9.17, 15) is 15.2 Å². The lowest BCUT2D eigenvalue weighted by Gasteiger charge is -2.33. The fourth-order valence-electron chi connectivity index (χ4n) is 2.81. The lowest BCUT2D eigenvalue weighted by Crippen LogP contribution is -2.36. The smallest absolute Gasteiger partial charge is 0.293 e. The second-order valence-electron chi connectivity index (χ2n) is 5.61. The minimum atomic E-state index is -0.451. The minimum absolute atomic E-state index is 0.0194. The fourth-order valence-corrected chi connectivity index (χ4v) is 2.81. The van der Waals surface area contributed by atoms with Crippen LogP contribution in [0.1, 0.15) is 25.3 Å². The van der Waals surface area contributed by atoms with Crippen LogP contribution in [0.4, 0.5) is 11.4 Å². The Morgan fingerprint density at radius 2 is 2.19 bits per heavy atom. The quantitative estimate of drug-likeness (QED) is 0.431. The van der Waals surface area contributed by atoms with Crippen molar-refractivity contribution in [3.05, 3.63) is 33.9 Å². The topological polar surface area (TPSA) is 105 Å². The number of aliphatic hydroxyl groups excluding tert-OH is 1. The van der Waals surface area contributed by atoms with Gasteiger partial charge < -0.3 is 10.5 Å². The van der Waals surface area contributed by atoms with Gasteiger partial charge in [-0.05, 0) is 50.4 Å². The van der Waals surface area contributed by atoms with E-state index < -0.39 is 4.92 Å². The molecule has 1 saturated heterocycles. The Balaban J connectivity index is 1.99. The number of nitrogens with one attached hydrogen (secondary N) is 1. The molecule has 21 heavy (non-hydrogen) atoms. The molecule has 4 N–H and O–H groups in total. The van der Waals surface area contributed by atoms with E-state index in [1.165, 1.54) is 6.07 Å². The van der Waals surface area contributed by atoms with Crippen LogP contribution in [0.25, 0.3) is 0 Å². The van der Waals surface area contributed by atoms with Crippen LogP contribution in [0.15, 0.2) is 18.2 Å². The number of rotatable bonds is 5. The van der Waals surface area contributed by atoms with Crippen molar-refractivity contribution in [3.63, 3.8) is 0 Å². The summed E-state index contributed by atoms with van der Waals surface area (Å²) in [5, 5.41) is 20.5. The van der Waals surface area contributed by atoms with Crippen LogP contribution in [-0.4, -0.2) is 34.1 Å². The number of nitrogen functional groups attached to an aromatic ring is 1. The predicted octanol–water partition coefficient (Wildman–Crippen LogP) is 1.47. The minimum Gasteiger partial charge on any atom is -0.393 e. The Bertz CT molecular complexity index is 499. The van der Waals surface area contributed by atoms with Gasteiger partial charge in [0.1, 0.15) is 5.69 Å². The Morgan fingerprint density at radius 3 is 2.71 bits per heavy atom. The Labute approximate surface area is 123 Å². The van der Waals surface area contributed by atoms with Gasteiger partial charge in [0, 0.05) is 12.6 Å². The summed E-state index contributed by atoms with van der Waals surface area (Å²) in [5.41, 5.74) is 3.68. The van der Waals surface area contributed by atoms with E-state index in [4.69, 9.17) is 5.84 Å². The highest BCUT2D eigenvalue weighted by Crippen LogP contribution is 2.26. The molecule has 0 bridgehead atoms. The van der Waals surface area contributed by atoms with Gasteiger partial charge in [-0.2, -0.15) is 0 Å². The fraction of sp³-hybridized carbons (Fsp3) is 0.571. The second kappa shape index (κ2) is 6.84. The molecule has 0 aromatic heterocycles. The monoisotopic (exact) mass is 294 g/mol. The highest BCUT2D eigenvalue weighted by atomic mass is 16.6. The Hall–Kier alpha value is -1.70. The third-order valence-electron chi connectivity index (χ3n) is 4.13. The van der Waals surface area contributed by atoms with E-state index in [1.807, 2.05) is 6.92 Å². The Kier molecular flexibility index (Phi) is 5.11. The largest absolute Gasteiger partial charge is 0.393 e. The standard InChI is InChI=1S/C14H22N4O3/c1-10(19)12-4-6-17(7-5-12)9-11-2-3-14(18(20)21)13(8-11)16-15/h2-3,8,10,12,16,19H,4-7,9,15H2,1H3. The van der Waals surface area contributed by atoms with Crippen LogP contribution in [0, 0.1) is 16.0 Å². The highest BCUT2D eigenvalue weighted by molar-refractivity contribution is 5.62. The summed E-state index contributed by atoms with van der Waals surface area (Å²) in [6, 6.07) is 4.96. The molecule has 0 aliphatic carbocycles. The number of hydrogen-bond acceptors (Lipinski definition) is 6. The summed E-state index contributed by atoms with van der Waals surface area (Å²) in [4.78, 5) is 12.7. The van der Waals surface area contributed by atoms with Crippen molar-refractivity contribution in [2.24, 2.45) is 11.8 Å². The molecule has 1 aliphatic heterocycles. The van der Waals surface area contributed by atoms with Gasteiger partial charge in [-0.1, -0.05) is 6.07 Å². The molecule has 7 nitrogen and oxygen atoms in total. The third-order valence-corrected chi connectivity index (χ3v) is 4.13. The molecule has 0 amide bonds. The van der Waals surface area contributed by atoms with Gasteiger partial charge >= 0.3 is 0 Å². The number of nitro benzene ring substituents is 1. The lowest BCUT2D eigenvalue weighted by molar-refractivity contribution is -0.384. The van der Waals surface area contributed by atoms with Gasteiger partial charge in [0.15, 0.2) is 0 Å². The van der Waals surface area contributed by atoms with Crippen molar-refractivity contribution in [1.82, 2.24) is 4.90 Å². The zero-order valence-corrected chi connectivity index (χ0v) is 12.2.